The van der Waals surface area contributed by atoms with E-state index in [0.717, 1.165) is 17.9 Å². The summed E-state index contributed by atoms with van der Waals surface area (Å²) in [6, 6.07) is 3.81. The van der Waals surface area contributed by atoms with Gasteiger partial charge in [-0.2, -0.15) is 10.1 Å². The number of aromatic nitrogens is 3. The maximum atomic E-state index is 6.34. The molecule has 0 atom stereocenters. The summed E-state index contributed by atoms with van der Waals surface area (Å²) in [4.78, 5) is 4.28. The molecule has 7 heteroatoms. The summed E-state index contributed by atoms with van der Waals surface area (Å²) in [5, 5.41) is 8.60. The number of pyridine rings is 1. The Balaban J connectivity index is 1.80. The first-order valence-corrected chi connectivity index (χ1v) is 8.13. The molecule has 1 fully saturated rings. The topological polar surface area (TPSA) is 61.2 Å². The van der Waals surface area contributed by atoms with Gasteiger partial charge in [0.05, 0.1) is 30.5 Å². The number of hydrogen-bond donors (Lipinski definition) is 1. The zero-order valence-corrected chi connectivity index (χ0v) is 14.4. The van der Waals surface area contributed by atoms with Crippen LogP contribution in [0.4, 0.5) is 5.82 Å². The fraction of sp³-hybridized carbons (Fsp3) is 0.500. The van der Waals surface area contributed by atoms with Gasteiger partial charge >= 0.3 is 0 Å². The lowest BCUT2D eigenvalue weighted by molar-refractivity contribution is 0.361. The van der Waals surface area contributed by atoms with Crippen molar-refractivity contribution in [3.8, 4) is 11.8 Å². The number of nitrogens with zero attached hydrogens (tertiary/aromatic N) is 3. The zero-order chi connectivity index (χ0) is 16.4. The normalized spacial score (nSPS) is 13.9. The highest BCUT2D eigenvalue weighted by Crippen LogP contribution is 2.40. The van der Waals surface area contributed by atoms with Gasteiger partial charge in [-0.05, 0) is 19.8 Å². The van der Waals surface area contributed by atoms with Gasteiger partial charge in [0.2, 0.25) is 11.8 Å². The van der Waals surface area contributed by atoms with Gasteiger partial charge in [-0.3, -0.25) is 0 Å². The van der Waals surface area contributed by atoms with Crippen LogP contribution < -0.4 is 14.8 Å². The Morgan fingerprint density at radius 1 is 1.30 bits per heavy atom. The lowest BCUT2D eigenvalue weighted by atomic mass is 10.2. The molecule has 0 aliphatic heterocycles. The number of hydrogen-bond acceptors (Lipinski definition) is 5. The molecule has 23 heavy (non-hydrogen) atoms. The van der Waals surface area contributed by atoms with Gasteiger partial charge in [-0.25, -0.2) is 4.68 Å². The number of anilines is 1. The van der Waals surface area contributed by atoms with Crippen LogP contribution in [0.2, 0.25) is 5.02 Å². The van der Waals surface area contributed by atoms with Crippen molar-refractivity contribution in [3.63, 3.8) is 0 Å². The highest BCUT2D eigenvalue weighted by molar-refractivity contribution is 6.31. The van der Waals surface area contributed by atoms with Crippen molar-refractivity contribution in [2.45, 2.75) is 38.8 Å². The highest BCUT2D eigenvalue weighted by Gasteiger charge is 2.27. The summed E-state index contributed by atoms with van der Waals surface area (Å²) >= 11 is 6.34. The average Bonchev–Trinajstić information content (AvgIpc) is 3.33. The molecule has 1 aliphatic carbocycles. The van der Waals surface area contributed by atoms with Crippen LogP contribution in [0.3, 0.4) is 0 Å². The summed E-state index contributed by atoms with van der Waals surface area (Å²) in [5.41, 5.74) is 1.96. The van der Waals surface area contributed by atoms with Crippen LogP contribution in [-0.4, -0.2) is 29.0 Å². The molecule has 124 valence electrons. The van der Waals surface area contributed by atoms with Crippen LogP contribution in [0, 0.1) is 0 Å². The van der Waals surface area contributed by atoms with Crippen LogP contribution in [0.5, 0.6) is 11.8 Å². The minimum atomic E-state index is 0.435. The Kier molecular flexibility index (Phi) is 4.61. The number of ether oxygens (including phenoxy) is 2. The number of aryl methyl sites for hydroxylation is 1. The minimum Gasteiger partial charge on any atom is -0.481 e. The molecule has 0 bridgehead atoms. The van der Waals surface area contributed by atoms with Crippen molar-refractivity contribution in [2.24, 2.45) is 0 Å². The fourth-order valence-electron chi connectivity index (χ4n) is 2.51. The lowest BCUT2D eigenvalue weighted by Gasteiger charge is -2.13. The van der Waals surface area contributed by atoms with E-state index in [1.54, 1.807) is 20.3 Å². The molecule has 0 spiro atoms. The smallest absolute Gasteiger partial charge is 0.222 e. The van der Waals surface area contributed by atoms with Crippen LogP contribution in [0.1, 0.15) is 36.9 Å². The quantitative estimate of drug-likeness (QED) is 0.839. The Hall–Kier alpha value is -1.95. The number of halogens is 1. The molecular formula is C16H21ClN4O2. The molecule has 2 aromatic heterocycles. The van der Waals surface area contributed by atoms with Gasteiger partial charge in [0.1, 0.15) is 5.82 Å². The Morgan fingerprint density at radius 2 is 2.09 bits per heavy atom. The molecule has 1 saturated carbocycles. The van der Waals surface area contributed by atoms with Gasteiger partial charge in [0.25, 0.3) is 0 Å². The Morgan fingerprint density at radius 3 is 2.70 bits per heavy atom. The van der Waals surface area contributed by atoms with Gasteiger partial charge < -0.3 is 14.8 Å². The third kappa shape index (κ3) is 3.37. The molecule has 0 amide bonds. The molecule has 3 rings (SSSR count). The van der Waals surface area contributed by atoms with E-state index in [4.69, 9.17) is 21.1 Å². The second kappa shape index (κ2) is 6.66. The van der Waals surface area contributed by atoms with E-state index in [1.165, 1.54) is 18.5 Å². The summed E-state index contributed by atoms with van der Waals surface area (Å²) in [7, 11) is 3.12. The standard InChI is InChI=1S/C16H21ClN4O2/c1-4-21-14(8-13(20-21)10-5-6-10)18-9-11-12(17)7-15(22-2)19-16(11)23-3/h7-8,10,18H,4-6,9H2,1-3H3. The van der Waals surface area contributed by atoms with Gasteiger partial charge in [0.15, 0.2) is 0 Å². The van der Waals surface area contributed by atoms with Gasteiger partial charge in [-0.1, -0.05) is 11.6 Å². The maximum absolute atomic E-state index is 6.34. The van der Waals surface area contributed by atoms with Crippen LogP contribution in [0.25, 0.3) is 0 Å². The summed E-state index contributed by atoms with van der Waals surface area (Å²) in [6.45, 7) is 3.41. The van der Waals surface area contributed by atoms with Crippen molar-refractivity contribution in [1.82, 2.24) is 14.8 Å². The monoisotopic (exact) mass is 336 g/mol. The molecule has 0 radical (unpaired) electrons. The first-order chi connectivity index (χ1) is 11.2. The largest absolute Gasteiger partial charge is 0.481 e. The molecule has 6 nitrogen and oxygen atoms in total. The molecule has 1 N–H and O–H groups in total. The van der Waals surface area contributed by atoms with Gasteiger partial charge in [0, 0.05) is 31.1 Å². The first-order valence-electron chi connectivity index (χ1n) is 7.75. The summed E-state index contributed by atoms with van der Waals surface area (Å²) in [5.74, 6) is 2.52. The van der Waals surface area contributed by atoms with E-state index in [1.807, 2.05) is 4.68 Å². The van der Waals surface area contributed by atoms with E-state index in [2.05, 4.69) is 28.4 Å². The highest BCUT2D eigenvalue weighted by atomic mass is 35.5. The van der Waals surface area contributed by atoms with Crippen molar-refractivity contribution in [3.05, 3.63) is 28.4 Å². The minimum absolute atomic E-state index is 0.435. The summed E-state index contributed by atoms with van der Waals surface area (Å²) < 4.78 is 12.4. The number of nitrogens with one attached hydrogen (secondary N) is 1. The molecule has 0 unspecified atom stereocenters. The molecular weight excluding hydrogens is 316 g/mol. The van der Waals surface area contributed by atoms with Crippen molar-refractivity contribution < 1.29 is 9.47 Å². The SMILES string of the molecule is CCn1nc(C2CC2)cc1NCc1c(Cl)cc(OC)nc1OC. The number of methoxy groups -OCH3 is 2. The van der Waals surface area contributed by atoms with Crippen molar-refractivity contribution in [2.75, 3.05) is 19.5 Å². The van der Waals surface area contributed by atoms with Crippen LogP contribution in [0.15, 0.2) is 12.1 Å². The third-order valence-corrected chi connectivity index (χ3v) is 4.29. The Bertz CT molecular complexity index is 698. The average molecular weight is 337 g/mol. The van der Waals surface area contributed by atoms with Crippen molar-refractivity contribution in [1.29, 1.82) is 0 Å². The molecule has 0 saturated heterocycles. The van der Waals surface area contributed by atoms with E-state index in [9.17, 15) is 0 Å². The third-order valence-electron chi connectivity index (χ3n) is 3.95. The van der Waals surface area contributed by atoms with Crippen molar-refractivity contribution >= 4 is 17.4 Å². The zero-order valence-electron chi connectivity index (χ0n) is 13.6. The Labute approximate surface area is 140 Å². The second-order valence-electron chi connectivity index (χ2n) is 5.53. The molecule has 1 aliphatic rings. The molecule has 2 aromatic rings. The molecule has 0 aromatic carbocycles. The first kappa shape index (κ1) is 15.9. The fourth-order valence-corrected chi connectivity index (χ4v) is 2.75. The molecule has 2 heterocycles. The predicted octanol–water partition coefficient (Wildman–Crippen LogP) is 3.46. The maximum Gasteiger partial charge on any atom is 0.222 e. The lowest BCUT2D eigenvalue weighted by Crippen LogP contribution is -2.09. The second-order valence-corrected chi connectivity index (χ2v) is 5.94. The van der Waals surface area contributed by atoms with Crippen LogP contribution in [-0.2, 0) is 13.1 Å². The van der Waals surface area contributed by atoms with Crippen LogP contribution >= 0.6 is 11.6 Å². The van der Waals surface area contributed by atoms with E-state index < -0.39 is 0 Å². The number of rotatable bonds is 7. The van der Waals surface area contributed by atoms with E-state index in [0.29, 0.717) is 29.2 Å². The van der Waals surface area contributed by atoms with E-state index in [-0.39, 0.29) is 0 Å². The summed E-state index contributed by atoms with van der Waals surface area (Å²) in [6.07, 6.45) is 2.48. The van der Waals surface area contributed by atoms with Gasteiger partial charge in [-0.15, -0.1) is 0 Å². The predicted molar refractivity (Wildman–Crippen MR) is 89.6 cm³/mol. The van der Waals surface area contributed by atoms with E-state index >= 15 is 0 Å².